The van der Waals surface area contributed by atoms with Crippen LogP contribution in [0.1, 0.15) is 53.2 Å². The third-order valence-electron chi connectivity index (χ3n) is 6.61. The van der Waals surface area contributed by atoms with Gasteiger partial charge in [-0.05, 0) is 30.2 Å². The minimum atomic E-state index is -0.636. The first-order chi connectivity index (χ1) is 16.8. The lowest BCUT2D eigenvalue weighted by Gasteiger charge is -2.39. The number of carbonyl (C=O) groups is 3. The number of aryl methyl sites for hydroxylation is 1. The summed E-state index contributed by atoms with van der Waals surface area (Å²) >= 11 is 0. The van der Waals surface area contributed by atoms with Crippen LogP contribution in [0.4, 0.5) is 5.69 Å². The molecule has 0 aromatic heterocycles. The van der Waals surface area contributed by atoms with Crippen molar-refractivity contribution in [1.82, 2.24) is 0 Å². The number of methoxy groups -OCH3 is 1. The number of anilines is 1. The molecular weight excluding hydrogens is 446 g/mol. The number of benzene rings is 2. The van der Waals surface area contributed by atoms with E-state index in [0.29, 0.717) is 40.8 Å². The molecule has 1 aliphatic heterocycles. The Bertz CT molecular complexity index is 1120. The Morgan fingerprint density at radius 3 is 2.43 bits per heavy atom. The summed E-state index contributed by atoms with van der Waals surface area (Å²) < 4.78 is 10.7. The van der Waals surface area contributed by atoms with Crippen LogP contribution in [0.2, 0.25) is 0 Å². The van der Waals surface area contributed by atoms with Crippen molar-refractivity contribution < 1.29 is 28.3 Å². The first-order valence-electron chi connectivity index (χ1n) is 11.8. The number of ether oxygens (including phenoxy) is 2. The average Bonchev–Trinajstić information content (AvgIpc) is 3.33. The van der Waals surface area contributed by atoms with Gasteiger partial charge in [0.05, 0.1) is 43.1 Å². The summed E-state index contributed by atoms with van der Waals surface area (Å²) in [5.41, 5.74) is 2.25. The van der Waals surface area contributed by atoms with Crippen molar-refractivity contribution in [1.29, 1.82) is 5.26 Å². The van der Waals surface area contributed by atoms with Crippen molar-refractivity contribution in [2.75, 3.05) is 32.1 Å². The van der Waals surface area contributed by atoms with Crippen LogP contribution in [0, 0.1) is 18.3 Å². The largest absolute Gasteiger partial charge is 0.465 e. The van der Waals surface area contributed by atoms with Gasteiger partial charge in [-0.15, -0.1) is 0 Å². The topological polar surface area (TPSA) is 105 Å². The Balaban J connectivity index is 1.81. The maximum absolute atomic E-state index is 13.6. The summed E-state index contributed by atoms with van der Waals surface area (Å²) in [5, 5.41) is 12.2. The molecule has 1 aliphatic rings. The van der Waals surface area contributed by atoms with Crippen molar-refractivity contribution in [3.63, 3.8) is 0 Å². The molecule has 1 amide bonds. The van der Waals surface area contributed by atoms with Crippen molar-refractivity contribution in [3.05, 3.63) is 64.7 Å². The summed E-state index contributed by atoms with van der Waals surface area (Å²) in [7, 11) is 1.25. The Labute approximate surface area is 206 Å². The summed E-state index contributed by atoms with van der Waals surface area (Å²) in [6, 6.07) is 14.0. The first kappa shape index (κ1) is 25.9. The van der Waals surface area contributed by atoms with Crippen LogP contribution in [0.5, 0.6) is 0 Å². The van der Waals surface area contributed by atoms with Crippen molar-refractivity contribution >= 4 is 23.5 Å². The van der Waals surface area contributed by atoms with E-state index in [1.54, 1.807) is 13.0 Å². The number of likely N-dealkylation sites (tertiary alicyclic amines) is 1. The predicted octanol–water partition coefficient (Wildman–Crippen LogP) is 3.72. The van der Waals surface area contributed by atoms with E-state index in [4.69, 9.17) is 9.47 Å². The van der Waals surface area contributed by atoms with E-state index in [0.717, 1.165) is 18.4 Å². The predicted molar refractivity (Wildman–Crippen MR) is 130 cm³/mol. The smallest absolute Gasteiger partial charge is 0.362 e. The highest BCUT2D eigenvalue weighted by Gasteiger charge is 2.45. The summed E-state index contributed by atoms with van der Waals surface area (Å²) in [6.07, 6.45) is 2.35. The lowest BCUT2D eigenvalue weighted by atomic mass is 10.0. The number of nitrogens with zero attached hydrogens (tertiary/aromatic N) is 2. The molecule has 0 bridgehead atoms. The minimum absolute atomic E-state index is 0.106. The molecule has 1 saturated heterocycles. The fraction of sp³-hybridized carbons (Fsp3) is 0.407. The van der Waals surface area contributed by atoms with Gasteiger partial charge >= 0.3 is 11.9 Å². The lowest BCUT2D eigenvalue weighted by Crippen LogP contribution is -2.60. The molecule has 0 radical (unpaired) electrons. The molecule has 184 valence electrons. The molecule has 8 heteroatoms. The van der Waals surface area contributed by atoms with Gasteiger partial charge in [0, 0.05) is 19.3 Å². The molecule has 2 aromatic carbocycles. The Hall–Kier alpha value is -3.70. The van der Waals surface area contributed by atoms with Gasteiger partial charge in [-0.3, -0.25) is 4.79 Å². The van der Waals surface area contributed by atoms with Gasteiger partial charge in [0.1, 0.15) is 6.61 Å². The van der Waals surface area contributed by atoms with Gasteiger partial charge in [0.25, 0.3) is 5.91 Å². The average molecular weight is 479 g/mol. The van der Waals surface area contributed by atoms with Gasteiger partial charge < -0.3 is 19.3 Å². The van der Waals surface area contributed by atoms with Crippen molar-refractivity contribution in [2.24, 2.45) is 0 Å². The molecular formula is C27H32N3O5+. The normalized spacial score (nSPS) is 15.0. The van der Waals surface area contributed by atoms with Crippen LogP contribution in [0.15, 0.2) is 42.5 Å². The van der Waals surface area contributed by atoms with E-state index in [9.17, 15) is 19.6 Å². The second-order valence-corrected chi connectivity index (χ2v) is 8.91. The second kappa shape index (κ2) is 11.6. The van der Waals surface area contributed by atoms with Gasteiger partial charge in [-0.1, -0.05) is 37.3 Å². The van der Waals surface area contributed by atoms with Crippen LogP contribution in [-0.4, -0.2) is 55.1 Å². The van der Waals surface area contributed by atoms with Crippen LogP contribution in [0.25, 0.3) is 0 Å². The zero-order valence-electron chi connectivity index (χ0n) is 20.5. The zero-order chi connectivity index (χ0) is 25.4. The fourth-order valence-corrected chi connectivity index (χ4v) is 4.90. The van der Waals surface area contributed by atoms with E-state index in [1.165, 1.54) is 13.2 Å². The van der Waals surface area contributed by atoms with Crippen LogP contribution < -0.4 is 5.32 Å². The van der Waals surface area contributed by atoms with E-state index >= 15 is 0 Å². The van der Waals surface area contributed by atoms with Crippen LogP contribution in [-0.2, 0) is 25.7 Å². The third kappa shape index (κ3) is 6.06. The SMILES string of the molecule is CCC(C(=O)Nc1c(C)cc(C#N)cc1C(=O)OC)[N+]1(CC(=O)OCc2ccccc2)CCCC1. The number of rotatable bonds is 9. The summed E-state index contributed by atoms with van der Waals surface area (Å²) in [4.78, 5) is 38.8. The van der Waals surface area contributed by atoms with E-state index < -0.39 is 12.0 Å². The molecule has 1 fully saturated rings. The number of nitrogens with one attached hydrogen (secondary N) is 1. The number of nitriles is 1. The van der Waals surface area contributed by atoms with Gasteiger partial charge in [0.2, 0.25) is 0 Å². The fourth-order valence-electron chi connectivity index (χ4n) is 4.90. The molecule has 3 rings (SSSR count). The quantitative estimate of drug-likeness (QED) is 0.435. The summed E-state index contributed by atoms with van der Waals surface area (Å²) in [5.74, 6) is -1.25. The number of esters is 2. The molecule has 8 nitrogen and oxygen atoms in total. The molecule has 0 aliphatic carbocycles. The maximum atomic E-state index is 13.6. The second-order valence-electron chi connectivity index (χ2n) is 8.91. The molecule has 2 aromatic rings. The monoisotopic (exact) mass is 478 g/mol. The molecule has 0 saturated carbocycles. The molecule has 1 unspecified atom stereocenters. The standard InChI is InChI=1S/C27H31N3O5/c1-4-23(26(32)29-25-19(2)14-21(16-28)15-22(25)27(33)34-3)30(12-8-9-13-30)17-24(31)35-18-20-10-6-5-7-11-20/h5-7,10-11,14-15,23H,4,8-9,12-13,17-18H2,1-3H3/p+1. The third-order valence-corrected chi connectivity index (χ3v) is 6.61. The Morgan fingerprint density at radius 2 is 1.83 bits per heavy atom. The zero-order valence-corrected chi connectivity index (χ0v) is 20.5. The highest BCUT2D eigenvalue weighted by molar-refractivity contribution is 6.03. The molecule has 0 spiro atoms. The van der Waals surface area contributed by atoms with Gasteiger partial charge in [-0.25, -0.2) is 9.59 Å². The number of quaternary nitrogens is 1. The van der Waals surface area contributed by atoms with Crippen molar-refractivity contribution in [2.45, 2.75) is 45.8 Å². The number of hydrogen-bond acceptors (Lipinski definition) is 6. The summed E-state index contributed by atoms with van der Waals surface area (Å²) in [6.45, 7) is 5.34. The van der Waals surface area contributed by atoms with Crippen LogP contribution >= 0.6 is 0 Å². The van der Waals surface area contributed by atoms with Gasteiger partial charge in [-0.2, -0.15) is 5.26 Å². The molecule has 1 atom stereocenters. The molecule has 1 N–H and O–H groups in total. The minimum Gasteiger partial charge on any atom is -0.465 e. The highest BCUT2D eigenvalue weighted by Crippen LogP contribution is 2.29. The van der Waals surface area contributed by atoms with E-state index in [1.807, 2.05) is 43.3 Å². The first-order valence-corrected chi connectivity index (χ1v) is 11.8. The van der Waals surface area contributed by atoms with E-state index in [-0.39, 0.29) is 30.6 Å². The lowest BCUT2D eigenvalue weighted by molar-refractivity contribution is -0.924. The number of amides is 1. The van der Waals surface area contributed by atoms with Crippen LogP contribution in [0.3, 0.4) is 0 Å². The number of carbonyl (C=O) groups excluding carboxylic acids is 3. The maximum Gasteiger partial charge on any atom is 0.362 e. The van der Waals surface area contributed by atoms with Gasteiger partial charge in [0.15, 0.2) is 12.6 Å². The Morgan fingerprint density at radius 1 is 1.14 bits per heavy atom. The number of hydrogen-bond donors (Lipinski definition) is 1. The Kier molecular flexibility index (Phi) is 8.61. The van der Waals surface area contributed by atoms with Crippen molar-refractivity contribution in [3.8, 4) is 6.07 Å². The van der Waals surface area contributed by atoms with E-state index in [2.05, 4.69) is 5.32 Å². The highest BCUT2D eigenvalue weighted by atomic mass is 16.5. The molecule has 35 heavy (non-hydrogen) atoms. The molecule has 1 heterocycles.